The number of rotatable bonds is 4. The maximum atomic E-state index is 12.3. The van der Waals surface area contributed by atoms with E-state index in [0.717, 1.165) is 29.3 Å². The largest absolute Gasteiger partial charge is 0.293 e. The zero-order valence-electron chi connectivity index (χ0n) is 12.5. The van der Waals surface area contributed by atoms with E-state index < -0.39 is 0 Å². The number of hydrogen-bond acceptors (Lipinski definition) is 3. The number of carbonyl (C=O) groups excluding carboxylic acids is 2. The first-order valence-electron chi connectivity index (χ1n) is 7.03. The van der Waals surface area contributed by atoms with Gasteiger partial charge in [0, 0.05) is 6.04 Å². The van der Waals surface area contributed by atoms with Crippen molar-refractivity contribution in [2.24, 2.45) is 0 Å². The molecule has 1 atom stereocenters. The summed E-state index contributed by atoms with van der Waals surface area (Å²) in [6.07, 6.45) is 4.56. The van der Waals surface area contributed by atoms with Gasteiger partial charge >= 0.3 is 0 Å². The van der Waals surface area contributed by atoms with Crippen molar-refractivity contribution < 1.29 is 9.59 Å². The van der Waals surface area contributed by atoms with Gasteiger partial charge in [0.25, 0.3) is 11.1 Å². The number of amides is 2. The highest BCUT2D eigenvalue weighted by Gasteiger charge is 2.37. The summed E-state index contributed by atoms with van der Waals surface area (Å²) in [4.78, 5) is 26.1. The molecule has 1 aromatic carbocycles. The summed E-state index contributed by atoms with van der Waals surface area (Å²) in [5.74, 6) is -0.180. The van der Waals surface area contributed by atoms with Crippen LogP contribution < -0.4 is 0 Å². The van der Waals surface area contributed by atoms with E-state index in [1.54, 1.807) is 6.08 Å². The molecular formula is C17H19NO2S. The van der Waals surface area contributed by atoms with Gasteiger partial charge in [-0.25, -0.2) is 0 Å². The van der Waals surface area contributed by atoms with Gasteiger partial charge in [-0.3, -0.25) is 14.5 Å². The normalized spacial score (nSPS) is 19.5. The van der Waals surface area contributed by atoms with E-state index in [1.807, 2.05) is 57.2 Å². The SMILES string of the molecule is CCC(C)N1C(=O)SC(=CC(C)=Cc2ccccc2)C1=O. The molecule has 1 heterocycles. The van der Waals surface area contributed by atoms with Crippen molar-refractivity contribution in [1.82, 2.24) is 4.90 Å². The molecule has 1 aromatic rings. The monoisotopic (exact) mass is 301 g/mol. The fourth-order valence-corrected chi connectivity index (χ4v) is 3.08. The molecule has 0 radical (unpaired) electrons. The summed E-state index contributed by atoms with van der Waals surface area (Å²) in [7, 11) is 0. The lowest BCUT2D eigenvalue weighted by Crippen LogP contribution is -2.36. The predicted molar refractivity (Wildman–Crippen MR) is 87.8 cm³/mol. The van der Waals surface area contributed by atoms with Gasteiger partial charge in [-0.2, -0.15) is 0 Å². The number of allylic oxidation sites excluding steroid dienone is 2. The fourth-order valence-electron chi connectivity index (χ4n) is 2.10. The lowest BCUT2D eigenvalue weighted by molar-refractivity contribution is -0.124. The summed E-state index contributed by atoms with van der Waals surface area (Å²) in [6, 6.07) is 9.85. The molecule has 0 bridgehead atoms. The van der Waals surface area contributed by atoms with Crippen LogP contribution >= 0.6 is 11.8 Å². The first-order valence-corrected chi connectivity index (χ1v) is 7.85. The molecule has 3 nitrogen and oxygen atoms in total. The van der Waals surface area contributed by atoms with E-state index >= 15 is 0 Å². The number of thioether (sulfide) groups is 1. The Balaban J connectivity index is 2.21. The van der Waals surface area contributed by atoms with Crippen LogP contribution in [0.2, 0.25) is 0 Å². The van der Waals surface area contributed by atoms with Crippen LogP contribution in [0.25, 0.3) is 6.08 Å². The first kappa shape index (κ1) is 15.6. The molecule has 1 aliphatic heterocycles. The van der Waals surface area contributed by atoms with Crippen molar-refractivity contribution >= 4 is 29.0 Å². The molecule has 21 heavy (non-hydrogen) atoms. The molecule has 0 aromatic heterocycles. The maximum absolute atomic E-state index is 12.3. The summed E-state index contributed by atoms with van der Waals surface area (Å²) >= 11 is 1.02. The van der Waals surface area contributed by atoms with Crippen molar-refractivity contribution in [2.75, 3.05) is 0 Å². The molecule has 0 aliphatic carbocycles. The minimum absolute atomic E-state index is 0.0539. The van der Waals surface area contributed by atoms with E-state index in [0.29, 0.717) is 4.91 Å². The second kappa shape index (κ2) is 6.76. The zero-order valence-corrected chi connectivity index (χ0v) is 13.3. The highest BCUT2D eigenvalue weighted by atomic mass is 32.2. The van der Waals surface area contributed by atoms with Crippen molar-refractivity contribution in [1.29, 1.82) is 0 Å². The smallest absolute Gasteiger partial charge is 0.268 e. The lowest BCUT2D eigenvalue weighted by atomic mass is 10.1. The Labute approximate surface area is 129 Å². The molecule has 1 unspecified atom stereocenters. The van der Waals surface area contributed by atoms with E-state index in [2.05, 4.69) is 0 Å². The van der Waals surface area contributed by atoms with Gasteiger partial charge in [0.1, 0.15) is 0 Å². The number of carbonyl (C=O) groups is 2. The fraction of sp³-hybridized carbons (Fsp3) is 0.294. The molecule has 0 saturated carbocycles. The van der Waals surface area contributed by atoms with E-state index in [-0.39, 0.29) is 17.2 Å². The first-order chi connectivity index (χ1) is 10.0. The maximum Gasteiger partial charge on any atom is 0.293 e. The van der Waals surface area contributed by atoms with Gasteiger partial charge in [0.05, 0.1) is 4.91 Å². The third-order valence-electron chi connectivity index (χ3n) is 3.41. The second-order valence-electron chi connectivity index (χ2n) is 5.11. The predicted octanol–water partition coefficient (Wildman–Crippen LogP) is 4.47. The Morgan fingerprint density at radius 1 is 1.29 bits per heavy atom. The van der Waals surface area contributed by atoms with Gasteiger partial charge in [-0.1, -0.05) is 43.3 Å². The molecule has 1 saturated heterocycles. The van der Waals surface area contributed by atoms with Crippen molar-refractivity contribution in [3.8, 4) is 0 Å². The van der Waals surface area contributed by atoms with Crippen LogP contribution in [0.1, 0.15) is 32.8 Å². The number of nitrogens with zero attached hydrogens (tertiary/aromatic N) is 1. The van der Waals surface area contributed by atoms with Crippen LogP contribution in [0.4, 0.5) is 4.79 Å². The Morgan fingerprint density at radius 2 is 1.95 bits per heavy atom. The second-order valence-corrected chi connectivity index (χ2v) is 6.10. The van der Waals surface area contributed by atoms with Crippen LogP contribution in [0.15, 0.2) is 46.9 Å². The molecule has 0 spiro atoms. The van der Waals surface area contributed by atoms with Gasteiger partial charge < -0.3 is 0 Å². The number of hydrogen-bond donors (Lipinski definition) is 0. The van der Waals surface area contributed by atoms with E-state index in [9.17, 15) is 9.59 Å². The van der Waals surface area contributed by atoms with E-state index in [1.165, 1.54) is 4.90 Å². The highest BCUT2D eigenvalue weighted by molar-refractivity contribution is 8.18. The van der Waals surface area contributed by atoms with Crippen LogP contribution in [0.3, 0.4) is 0 Å². The van der Waals surface area contributed by atoms with Crippen LogP contribution in [0, 0.1) is 0 Å². The van der Waals surface area contributed by atoms with Gasteiger partial charge in [-0.15, -0.1) is 0 Å². The number of benzene rings is 1. The third-order valence-corrected chi connectivity index (χ3v) is 4.29. The van der Waals surface area contributed by atoms with Crippen molar-refractivity contribution in [2.45, 2.75) is 33.2 Å². The molecule has 0 N–H and O–H groups in total. The molecule has 110 valence electrons. The quantitative estimate of drug-likeness (QED) is 0.770. The van der Waals surface area contributed by atoms with E-state index in [4.69, 9.17) is 0 Å². The molecule has 4 heteroatoms. The van der Waals surface area contributed by atoms with Crippen molar-refractivity contribution in [3.63, 3.8) is 0 Å². The average Bonchev–Trinajstić information content (AvgIpc) is 2.73. The summed E-state index contributed by atoms with van der Waals surface area (Å²) < 4.78 is 0. The minimum Gasteiger partial charge on any atom is -0.268 e. The Morgan fingerprint density at radius 3 is 2.57 bits per heavy atom. The van der Waals surface area contributed by atoms with Gasteiger partial charge in [0.15, 0.2) is 0 Å². The van der Waals surface area contributed by atoms with Gasteiger partial charge in [0.2, 0.25) is 0 Å². The number of imide groups is 1. The van der Waals surface area contributed by atoms with Crippen molar-refractivity contribution in [3.05, 3.63) is 52.4 Å². The third kappa shape index (κ3) is 3.64. The average molecular weight is 301 g/mol. The molecule has 1 aliphatic rings. The Hall–Kier alpha value is -1.81. The Kier molecular flexibility index (Phi) is 5.02. The summed E-state index contributed by atoms with van der Waals surface area (Å²) in [6.45, 7) is 5.80. The van der Waals surface area contributed by atoms with Crippen LogP contribution in [-0.2, 0) is 4.79 Å². The summed E-state index contributed by atoms with van der Waals surface area (Å²) in [5, 5.41) is -0.173. The highest BCUT2D eigenvalue weighted by Crippen LogP contribution is 2.33. The minimum atomic E-state index is -0.180. The van der Waals surface area contributed by atoms with Crippen LogP contribution in [-0.4, -0.2) is 22.1 Å². The molecular weight excluding hydrogens is 282 g/mol. The standard InChI is InChI=1S/C17H19NO2S/c1-4-13(3)18-16(19)15(21-17(18)20)11-12(2)10-14-8-6-5-7-9-14/h5-11,13H,4H2,1-3H3. The van der Waals surface area contributed by atoms with Gasteiger partial charge in [-0.05, 0) is 49.2 Å². The van der Waals surface area contributed by atoms with Crippen LogP contribution in [0.5, 0.6) is 0 Å². The molecule has 2 rings (SSSR count). The zero-order chi connectivity index (χ0) is 15.4. The topological polar surface area (TPSA) is 37.4 Å². The molecule has 1 fully saturated rings. The summed E-state index contributed by atoms with van der Waals surface area (Å²) in [5.41, 5.74) is 2.03. The lowest BCUT2D eigenvalue weighted by Gasteiger charge is -2.19. The Bertz CT molecular complexity index is 604. The molecule has 2 amide bonds.